The first kappa shape index (κ1) is 16.6. The van der Waals surface area contributed by atoms with E-state index in [4.69, 9.17) is 14.0 Å². The molecule has 0 aliphatic rings. The molecule has 2 heterocycles. The van der Waals surface area contributed by atoms with Crippen molar-refractivity contribution in [2.75, 3.05) is 13.7 Å². The van der Waals surface area contributed by atoms with Crippen molar-refractivity contribution in [1.29, 1.82) is 0 Å². The first-order valence-corrected chi connectivity index (χ1v) is 7.77. The fourth-order valence-corrected chi connectivity index (χ4v) is 2.20. The number of nitrogens with zero attached hydrogens (tertiary/aromatic N) is 3. The first-order chi connectivity index (χ1) is 12.2. The third-order valence-corrected chi connectivity index (χ3v) is 3.48. The molecule has 0 aliphatic carbocycles. The summed E-state index contributed by atoms with van der Waals surface area (Å²) in [6, 6.07) is 8.85. The molecule has 0 atom stereocenters. The summed E-state index contributed by atoms with van der Waals surface area (Å²) < 4.78 is 17.3. The van der Waals surface area contributed by atoms with E-state index >= 15 is 0 Å². The maximum absolute atomic E-state index is 11.8. The Morgan fingerprint density at radius 3 is 2.88 bits per heavy atom. The normalized spacial score (nSPS) is 10.4. The Balaban J connectivity index is 1.46. The summed E-state index contributed by atoms with van der Waals surface area (Å²) in [6.45, 7) is 1.26. The summed E-state index contributed by atoms with van der Waals surface area (Å²) in [7, 11) is 1.60. The number of rotatable bonds is 7. The van der Waals surface area contributed by atoms with Gasteiger partial charge < -0.3 is 23.9 Å². The van der Waals surface area contributed by atoms with E-state index in [1.54, 1.807) is 25.7 Å². The predicted octanol–water partition coefficient (Wildman–Crippen LogP) is 2.73. The van der Waals surface area contributed by atoms with Crippen LogP contribution in [0.2, 0.25) is 0 Å². The number of aryl methyl sites for hydroxylation is 1. The number of carbonyl (C=O) groups excluding carboxylic acids is 1. The molecule has 0 radical (unpaired) electrons. The van der Waals surface area contributed by atoms with Crippen LogP contribution in [-0.4, -0.2) is 34.5 Å². The molecule has 1 aromatic carbocycles. The van der Waals surface area contributed by atoms with Crippen LogP contribution in [-0.2, 0) is 6.54 Å². The van der Waals surface area contributed by atoms with Crippen LogP contribution in [0.4, 0.5) is 4.79 Å². The number of nitrogens with one attached hydrogen (secondary N) is 1. The second-order valence-electron chi connectivity index (χ2n) is 5.23. The highest BCUT2D eigenvalue weighted by Gasteiger charge is 2.11. The lowest BCUT2D eigenvalue weighted by Crippen LogP contribution is -2.28. The van der Waals surface area contributed by atoms with E-state index in [2.05, 4.69) is 15.5 Å². The number of ether oxygens (including phenoxy) is 2. The Labute approximate surface area is 144 Å². The molecule has 3 rings (SSSR count). The molecule has 2 aromatic heterocycles. The highest BCUT2D eigenvalue weighted by molar-refractivity contribution is 5.70. The van der Waals surface area contributed by atoms with E-state index in [0.717, 1.165) is 24.3 Å². The third-order valence-electron chi connectivity index (χ3n) is 3.48. The van der Waals surface area contributed by atoms with Crippen molar-refractivity contribution in [2.24, 2.45) is 0 Å². The number of benzene rings is 1. The Morgan fingerprint density at radius 1 is 1.32 bits per heavy atom. The molecular weight excluding hydrogens is 324 g/mol. The van der Waals surface area contributed by atoms with E-state index in [1.807, 2.05) is 35.0 Å². The van der Waals surface area contributed by atoms with Crippen molar-refractivity contribution in [3.05, 3.63) is 49.1 Å². The SMILES string of the molecule is COc1ccc(-c2cc(OC(=O)NCCCn3ccnc3)no2)cc1. The number of hydrogen-bond donors (Lipinski definition) is 1. The fraction of sp³-hybridized carbons (Fsp3) is 0.235. The minimum Gasteiger partial charge on any atom is -0.497 e. The Bertz CT molecular complexity index is 796. The Morgan fingerprint density at radius 2 is 2.16 bits per heavy atom. The average molecular weight is 342 g/mol. The smallest absolute Gasteiger partial charge is 0.414 e. The zero-order valence-corrected chi connectivity index (χ0v) is 13.7. The lowest BCUT2D eigenvalue weighted by molar-refractivity contribution is 0.195. The van der Waals surface area contributed by atoms with Gasteiger partial charge in [0.15, 0.2) is 5.76 Å². The molecule has 0 saturated carbocycles. The van der Waals surface area contributed by atoms with Gasteiger partial charge in [-0.1, -0.05) is 0 Å². The van der Waals surface area contributed by atoms with Gasteiger partial charge in [-0.2, -0.15) is 0 Å². The predicted molar refractivity (Wildman–Crippen MR) is 89.4 cm³/mol. The topological polar surface area (TPSA) is 91.4 Å². The number of imidazole rings is 1. The van der Waals surface area contributed by atoms with Crippen LogP contribution in [0.15, 0.2) is 53.6 Å². The van der Waals surface area contributed by atoms with Crippen molar-refractivity contribution < 1.29 is 18.8 Å². The summed E-state index contributed by atoms with van der Waals surface area (Å²) in [4.78, 5) is 15.7. The maximum Gasteiger partial charge on any atom is 0.414 e. The summed E-state index contributed by atoms with van der Waals surface area (Å²) >= 11 is 0. The van der Waals surface area contributed by atoms with Crippen LogP contribution in [0.25, 0.3) is 11.3 Å². The molecule has 1 N–H and O–H groups in total. The first-order valence-electron chi connectivity index (χ1n) is 7.77. The van der Waals surface area contributed by atoms with E-state index in [0.29, 0.717) is 12.3 Å². The zero-order chi connectivity index (χ0) is 17.5. The van der Waals surface area contributed by atoms with Gasteiger partial charge in [0.2, 0.25) is 0 Å². The Hall–Kier alpha value is -3.29. The molecule has 0 aliphatic heterocycles. The van der Waals surface area contributed by atoms with E-state index in [-0.39, 0.29) is 5.88 Å². The summed E-state index contributed by atoms with van der Waals surface area (Å²) in [5, 5.41) is 6.41. The van der Waals surface area contributed by atoms with Crippen molar-refractivity contribution in [1.82, 2.24) is 20.0 Å². The van der Waals surface area contributed by atoms with E-state index in [1.165, 1.54) is 0 Å². The maximum atomic E-state index is 11.8. The van der Waals surface area contributed by atoms with E-state index < -0.39 is 6.09 Å². The van der Waals surface area contributed by atoms with Crippen LogP contribution in [0.3, 0.4) is 0 Å². The molecule has 3 aromatic rings. The molecule has 0 unspecified atom stereocenters. The zero-order valence-electron chi connectivity index (χ0n) is 13.7. The second-order valence-corrected chi connectivity index (χ2v) is 5.23. The van der Waals surface area contributed by atoms with Crippen molar-refractivity contribution >= 4 is 6.09 Å². The third kappa shape index (κ3) is 4.60. The van der Waals surface area contributed by atoms with Crippen LogP contribution < -0.4 is 14.8 Å². The van der Waals surface area contributed by atoms with Crippen molar-refractivity contribution in [3.63, 3.8) is 0 Å². The summed E-state index contributed by atoms with van der Waals surface area (Å²) in [5.41, 5.74) is 0.809. The lowest BCUT2D eigenvalue weighted by Gasteiger charge is -2.04. The van der Waals surface area contributed by atoms with Gasteiger partial charge >= 0.3 is 6.09 Å². The standard InChI is InChI=1S/C17H18N4O4/c1-23-14-5-3-13(4-6-14)15-11-16(20-25-15)24-17(22)19-7-2-9-21-10-8-18-12-21/h3-6,8,10-12H,2,7,9H2,1H3,(H,19,22). The molecule has 0 fully saturated rings. The number of methoxy groups -OCH3 is 1. The molecule has 8 heteroatoms. The molecule has 0 spiro atoms. The summed E-state index contributed by atoms with van der Waals surface area (Å²) in [5.74, 6) is 1.36. The summed E-state index contributed by atoms with van der Waals surface area (Å²) in [6.07, 6.45) is 5.51. The van der Waals surface area contributed by atoms with Crippen molar-refractivity contribution in [2.45, 2.75) is 13.0 Å². The van der Waals surface area contributed by atoms with Gasteiger partial charge in [0.05, 0.1) is 19.5 Å². The van der Waals surface area contributed by atoms with Gasteiger partial charge in [0, 0.05) is 31.0 Å². The van der Waals surface area contributed by atoms with Crippen LogP contribution in [0.5, 0.6) is 11.6 Å². The highest BCUT2D eigenvalue weighted by Crippen LogP contribution is 2.25. The number of carbonyl (C=O) groups is 1. The van der Waals surface area contributed by atoms with Crippen LogP contribution in [0, 0.1) is 0 Å². The molecule has 0 bridgehead atoms. The minimum absolute atomic E-state index is 0.109. The second kappa shape index (κ2) is 8.00. The number of hydrogen-bond acceptors (Lipinski definition) is 6. The lowest BCUT2D eigenvalue weighted by atomic mass is 10.2. The highest BCUT2D eigenvalue weighted by atomic mass is 16.6. The fourth-order valence-electron chi connectivity index (χ4n) is 2.20. The Kier molecular flexibility index (Phi) is 5.30. The average Bonchev–Trinajstić information content (AvgIpc) is 3.31. The van der Waals surface area contributed by atoms with Crippen molar-refractivity contribution in [3.8, 4) is 23.0 Å². The molecular formula is C17H18N4O4. The largest absolute Gasteiger partial charge is 0.497 e. The van der Waals surface area contributed by atoms with E-state index in [9.17, 15) is 4.79 Å². The monoisotopic (exact) mass is 342 g/mol. The minimum atomic E-state index is -0.569. The van der Waals surface area contributed by atoms with Crippen LogP contribution >= 0.6 is 0 Å². The van der Waals surface area contributed by atoms with Gasteiger partial charge in [0.25, 0.3) is 5.88 Å². The molecule has 130 valence electrons. The van der Waals surface area contributed by atoms with Gasteiger partial charge in [-0.15, -0.1) is 0 Å². The van der Waals surface area contributed by atoms with Crippen LogP contribution in [0.1, 0.15) is 6.42 Å². The molecule has 1 amide bonds. The molecule has 0 saturated heterocycles. The van der Waals surface area contributed by atoms with Gasteiger partial charge in [-0.05, 0) is 35.8 Å². The van der Waals surface area contributed by atoms with Gasteiger partial charge in [0.1, 0.15) is 5.75 Å². The van der Waals surface area contributed by atoms with Gasteiger partial charge in [-0.3, -0.25) is 0 Å². The van der Waals surface area contributed by atoms with Gasteiger partial charge in [-0.25, -0.2) is 9.78 Å². The number of amides is 1. The number of aromatic nitrogens is 3. The molecule has 25 heavy (non-hydrogen) atoms. The molecule has 8 nitrogen and oxygen atoms in total. The quantitative estimate of drug-likeness (QED) is 0.664.